The molecule has 0 bridgehead atoms. The van der Waals surface area contributed by atoms with Crippen molar-refractivity contribution in [1.82, 2.24) is 14.9 Å². The van der Waals surface area contributed by atoms with Gasteiger partial charge in [-0.1, -0.05) is 48.0 Å². The predicted molar refractivity (Wildman–Crippen MR) is 128 cm³/mol. The lowest BCUT2D eigenvalue weighted by molar-refractivity contribution is 0.0949. The molecule has 5 heteroatoms. The number of amides is 1. The SMILES string of the molecule is Cc1ccc(OCCCCn2c(CNC(=O)c3ccccc3)nc3ccccc32)c(C)c1. The Kier molecular flexibility index (Phi) is 6.85. The van der Waals surface area contributed by atoms with Crippen molar-refractivity contribution in [3.8, 4) is 5.75 Å². The van der Waals surface area contributed by atoms with Crippen molar-refractivity contribution in [3.05, 3.63) is 95.3 Å². The molecule has 0 atom stereocenters. The fraction of sp³-hybridized carbons (Fsp3) is 0.259. The molecule has 0 fully saturated rings. The second-order valence-corrected chi connectivity index (χ2v) is 8.04. The largest absolute Gasteiger partial charge is 0.493 e. The number of carbonyl (C=O) groups is 1. The fourth-order valence-electron chi connectivity index (χ4n) is 3.88. The van der Waals surface area contributed by atoms with Crippen LogP contribution in [-0.4, -0.2) is 22.1 Å². The number of aromatic nitrogens is 2. The van der Waals surface area contributed by atoms with Crippen LogP contribution in [0.1, 0.15) is 40.2 Å². The number of nitrogens with one attached hydrogen (secondary N) is 1. The minimum Gasteiger partial charge on any atom is -0.493 e. The van der Waals surface area contributed by atoms with E-state index >= 15 is 0 Å². The first kappa shape index (κ1) is 21.6. The number of hydrogen-bond acceptors (Lipinski definition) is 3. The Morgan fingerprint density at radius 1 is 0.969 bits per heavy atom. The summed E-state index contributed by atoms with van der Waals surface area (Å²) in [6.07, 6.45) is 1.90. The first-order chi connectivity index (χ1) is 15.6. The number of benzene rings is 3. The second-order valence-electron chi connectivity index (χ2n) is 8.04. The summed E-state index contributed by atoms with van der Waals surface area (Å²) in [5.41, 5.74) is 5.10. The molecule has 1 amide bonds. The molecule has 0 unspecified atom stereocenters. The minimum atomic E-state index is -0.0916. The molecule has 32 heavy (non-hydrogen) atoms. The number of aryl methyl sites for hydroxylation is 3. The second kappa shape index (κ2) is 10.1. The lowest BCUT2D eigenvalue weighted by atomic mass is 10.1. The molecule has 0 saturated heterocycles. The molecule has 0 aliphatic heterocycles. The van der Waals surface area contributed by atoms with Gasteiger partial charge in [0.05, 0.1) is 24.2 Å². The lowest BCUT2D eigenvalue weighted by Gasteiger charge is -2.12. The zero-order valence-corrected chi connectivity index (χ0v) is 18.7. The third-order valence-electron chi connectivity index (χ3n) is 5.54. The van der Waals surface area contributed by atoms with Gasteiger partial charge in [0.1, 0.15) is 11.6 Å². The molecule has 0 aliphatic rings. The van der Waals surface area contributed by atoms with E-state index in [0.29, 0.717) is 18.7 Å². The minimum absolute atomic E-state index is 0.0916. The van der Waals surface area contributed by atoms with Crippen LogP contribution in [0.4, 0.5) is 0 Å². The zero-order chi connectivity index (χ0) is 22.3. The summed E-state index contributed by atoms with van der Waals surface area (Å²) in [5, 5.41) is 3.00. The van der Waals surface area contributed by atoms with Crippen LogP contribution in [0.3, 0.4) is 0 Å². The van der Waals surface area contributed by atoms with Gasteiger partial charge in [-0.3, -0.25) is 4.79 Å². The van der Waals surface area contributed by atoms with E-state index in [9.17, 15) is 4.79 Å². The number of imidazole rings is 1. The molecule has 0 radical (unpaired) electrons. The van der Waals surface area contributed by atoms with Gasteiger partial charge in [0.2, 0.25) is 0 Å². The summed E-state index contributed by atoms with van der Waals surface area (Å²) in [5.74, 6) is 1.73. The molecule has 1 N–H and O–H groups in total. The van der Waals surface area contributed by atoms with Gasteiger partial charge in [-0.2, -0.15) is 0 Å². The summed E-state index contributed by atoms with van der Waals surface area (Å²) in [4.78, 5) is 17.2. The Labute approximate surface area is 189 Å². The molecule has 0 saturated carbocycles. The molecule has 164 valence electrons. The highest BCUT2D eigenvalue weighted by molar-refractivity contribution is 5.94. The van der Waals surface area contributed by atoms with Crippen molar-refractivity contribution in [1.29, 1.82) is 0 Å². The van der Waals surface area contributed by atoms with Gasteiger partial charge >= 0.3 is 0 Å². The van der Waals surface area contributed by atoms with Crippen LogP contribution in [0, 0.1) is 13.8 Å². The maximum Gasteiger partial charge on any atom is 0.251 e. The Morgan fingerprint density at radius 3 is 2.56 bits per heavy atom. The summed E-state index contributed by atoms with van der Waals surface area (Å²) in [6, 6.07) is 23.6. The van der Waals surface area contributed by atoms with Crippen molar-refractivity contribution in [2.45, 2.75) is 39.8 Å². The van der Waals surface area contributed by atoms with Crippen molar-refractivity contribution in [2.75, 3.05) is 6.61 Å². The van der Waals surface area contributed by atoms with Crippen molar-refractivity contribution >= 4 is 16.9 Å². The van der Waals surface area contributed by atoms with E-state index in [1.165, 1.54) is 11.1 Å². The number of carbonyl (C=O) groups excluding carboxylic acids is 1. The third kappa shape index (κ3) is 5.17. The average molecular weight is 428 g/mol. The van der Waals surface area contributed by atoms with Gasteiger partial charge in [0.25, 0.3) is 5.91 Å². The van der Waals surface area contributed by atoms with Crippen molar-refractivity contribution < 1.29 is 9.53 Å². The number of ether oxygens (including phenoxy) is 1. The molecule has 1 aromatic heterocycles. The van der Waals surface area contributed by atoms with Gasteiger partial charge in [-0.15, -0.1) is 0 Å². The van der Waals surface area contributed by atoms with E-state index in [-0.39, 0.29) is 5.91 Å². The quantitative estimate of drug-likeness (QED) is 0.362. The van der Waals surface area contributed by atoms with E-state index in [0.717, 1.165) is 42.0 Å². The zero-order valence-electron chi connectivity index (χ0n) is 18.7. The van der Waals surface area contributed by atoms with Crippen LogP contribution < -0.4 is 10.1 Å². The molecule has 4 aromatic rings. The average Bonchev–Trinajstić information content (AvgIpc) is 3.16. The molecule has 0 spiro atoms. The molecule has 0 aliphatic carbocycles. The number of fused-ring (bicyclic) bond motifs is 1. The number of rotatable bonds is 9. The highest BCUT2D eigenvalue weighted by Crippen LogP contribution is 2.20. The number of hydrogen-bond donors (Lipinski definition) is 1. The Balaban J connectivity index is 1.37. The van der Waals surface area contributed by atoms with Crippen LogP contribution in [0.25, 0.3) is 11.0 Å². The maximum atomic E-state index is 12.5. The van der Waals surface area contributed by atoms with Gasteiger partial charge < -0.3 is 14.6 Å². The van der Waals surface area contributed by atoms with Crippen molar-refractivity contribution in [3.63, 3.8) is 0 Å². The van der Waals surface area contributed by atoms with Crippen molar-refractivity contribution in [2.24, 2.45) is 0 Å². The summed E-state index contributed by atoms with van der Waals surface area (Å²) >= 11 is 0. The van der Waals surface area contributed by atoms with E-state index in [4.69, 9.17) is 9.72 Å². The van der Waals surface area contributed by atoms with Crippen LogP contribution in [0.5, 0.6) is 5.75 Å². The molecular weight excluding hydrogens is 398 g/mol. The Bertz CT molecular complexity index is 1200. The summed E-state index contributed by atoms with van der Waals surface area (Å²) in [7, 11) is 0. The summed E-state index contributed by atoms with van der Waals surface area (Å²) in [6.45, 7) is 6.06. The first-order valence-corrected chi connectivity index (χ1v) is 11.1. The molecule has 1 heterocycles. The topological polar surface area (TPSA) is 56.1 Å². The Hall–Kier alpha value is -3.60. The number of unbranched alkanes of at least 4 members (excludes halogenated alkanes) is 1. The molecule has 4 rings (SSSR count). The normalized spacial score (nSPS) is 10.9. The lowest BCUT2D eigenvalue weighted by Crippen LogP contribution is -2.24. The van der Waals surface area contributed by atoms with Crippen LogP contribution in [0.2, 0.25) is 0 Å². The van der Waals surface area contributed by atoms with Crippen LogP contribution >= 0.6 is 0 Å². The summed E-state index contributed by atoms with van der Waals surface area (Å²) < 4.78 is 8.18. The van der Waals surface area contributed by atoms with E-state index in [1.54, 1.807) is 0 Å². The van der Waals surface area contributed by atoms with E-state index < -0.39 is 0 Å². The standard InChI is InChI=1S/C27H29N3O2/c1-20-14-15-25(21(2)18-20)32-17-9-8-16-30-24-13-7-6-12-23(24)29-26(30)19-28-27(31)22-10-4-3-5-11-22/h3-7,10-15,18H,8-9,16-17,19H2,1-2H3,(H,28,31). The monoisotopic (exact) mass is 427 g/mol. The molecule has 3 aromatic carbocycles. The van der Waals surface area contributed by atoms with E-state index in [2.05, 4.69) is 41.9 Å². The van der Waals surface area contributed by atoms with Gasteiger partial charge in [-0.05, 0) is 62.6 Å². The fourth-order valence-corrected chi connectivity index (χ4v) is 3.88. The predicted octanol–water partition coefficient (Wildman–Crippen LogP) is 5.44. The third-order valence-corrected chi connectivity index (χ3v) is 5.54. The maximum absolute atomic E-state index is 12.5. The highest BCUT2D eigenvalue weighted by atomic mass is 16.5. The van der Waals surface area contributed by atoms with Gasteiger partial charge in [0, 0.05) is 12.1 Å². The number of nitrogens with zero attached hydrogens (tertiary/aromatic N) is 2. The van der Waals surface area contributed by atoms with Crippen LogP contribution in [-0.2, 0) is 13.1 Å². The van der Waals surface area contributed by atoms with E-state index in [1.807, 2.05) is 54.6 Å². The van der Waals surface area contributed by atoms with Gasteiger partial charge in [0.15, 0.2) is 0 Å². The molecular formula is C27H29N3O2. The van der Waals surface area contributed by atoms with Gasteiger partial charge in [-0.25, -0.2) is 4.98 Å². The first-order valence-electron chi connectivity index (χ1n) is 11.1. The molecule has 5 nitrogen and oxygen atoms in total. The van der Waals surface area contributed by atoms with Crippen LogP contribution in [0.15, 0.2) is 72.8 Å². The Morgan fingerprint density at radius 2 is 1.75 bits per heavy atom. The highest BCUT2D eigenvalue weighted by Gasteiger charge is 2.12. The smallest absolute Gasteiger partial charge is 0.251 e. The number of para-hydroxylation sites is 2.